The maximum Gasteiger partial charge on any atom is 0.226 e. The Morgan fingerprint density at radius 3 is 2.46 bits per heavy atom. The summed E-state index contributed by atoms with van der Waals surface area (Å²) in [5.74, 6) is 1.17. The van der Waals surface area contributed by atoms with Crippen molar-refractivity contribution in [3.8, 4) is 11.5 Å². The van der Waals surface area contributed by atoms with Crippen LogP contribution < -0.4 is 14.8 Å². The molecule has 1 aliphatic carbocycles. The lowest BCUT2D eigenvalue weighted by Gasteiger charge is -2.30. The number of fused-ring (bicyclic) bond motifs is 1. The molecule has 0 spiro atoms. The van der Waals surface area contributed by atoms with E-state index in [2.05, 4.69) is 5.32 Å². The number of carbonyl (C=O) groups excluding carboxylic acids is 2. The number of amides is 2. The van der Waals surface area contributed by atoms with Gasteiger partial charge in [0, 0.05) is 19.1 Å². The smallest absolute Gasteiger partial charge is 0.226 e. The number of benzene rings is 1. The van der Waals surface area contributed by atoms with E-state index in [0.29, 0.717) is 25.3 Å². The monoisotopic (exact) mass is 360 g/mol. The van der Waals surface area contributed by atoms with Gasteiger partial charge in [0.2, 0.25) is 11.8 Å². The molecule has 1 aromatic carbocycles. The topological polar surface area (TPSA) is 67.9 Å². The minimum Gasteiger partial charge on any atom is -0.493 e. The molecule has 26 heavy (non-hydrogen) atoms. The number of ether oxygens (including phenoxy) is 2. The molecular weight excluding hydrogens is 332 g/mol. The average Bonchev–Trinajstić information content (AvgIpc) is 3.46. The van der Waals surface area contributed by atoms with Crippen LogP contribution in [0.4, 0.5) is 0 Å². The molecule has 3 rings (SSSR count). The van der Waals surface area contributed by atoms with Gasteiger partial charge in [0.1, 0.15) is 0 Å². The second kappa shape index (κ2) is 7.56. The second-order valence-electron chi connectivity index (χ2n) is 7.25. The summed E-state index contributed by atoms with van der Waals surface area (Å²) in [7, 11) is 3.24. The predicted octanol–water partition coefficient (Wildman–Crippen LogP) is 2.14. The molecule has 2 amide bonds. The Balaban J connectivity index is 1.64. The maximum absolute atomic E-state index is 12.8. The molecule has 1 saturated carbocycles. The Kier molecular flexibility index (Phi) is 5.39. The molecule has 1 aromatic rings. The number of nitrogens with zero attached hydrogens (tertiary/aromatic N) is 1. The van der Waals surface area contributed by atoms with Crippen molar-refractivity contribution in [3.05, 3.63) is 23.3 Å². The minimum absolute atomic E-state index is 0.0153. The summed E-state index contributed by atoms with van der Waals surface area (Å²) in [6.45, 7) is 5.26. The molecule has 1 aliphatic heterocycles. The van der Waals surface area contributed by atoms with Gasteiger partial charge in [0.05, 0.1) is 26.1 Å². The highest BCUT2D eigenvalue weighted by Gasteiger charge is 2.49. The van der Waals surface area contributed by atoms with Gasteiger partial charge in [0.15, 0.2) is 11.5 Å². The van der Waals surface area contributed by atoms with E-state index in [1.165, 1.54) is 5.56 Å². The van der Waals surface area contributed by atoms with Crippen LogP contribution in [0.25, 0.3) is 0 Å². The first-order valence-electron chi connectivity index (χ1n) is 9.31. The van der Waals surface area contributed by atoms with Gasteiger partial charge in [-0.25, -0.2) is 0 Å². The summed E-state index contributed by atoms with van der Waals surface area (Å²) in [6, 6.07) is 4.10. The SMILES string of the molecule is CCC(C)NC(=O)C1CC1C(=O)N1CCc2cc(OC)c(OC)cc2C1. The summed E-state index contributed by atoms with van der Waals surface area (Å²) in [5.41, 5.74) is 2.28. The highest BCUT2D eigenvalue weighted by atomic mass is 16.5. The first-order valence-corrected chi connectivity index (χ1v) is 9.31. The zero-order valence-corrected chi connectivity index (χ0v) is 16.0. The highest BCUT2D eigenvalue weighted by molar-refractivity contribution is 5.92. The van der Waals surface area contributed by atoms with Crippen molar-refractivity contribution < 1.29 is 19.1 Å². The highest BCUT2D eigenvalue weighted by Crippen LogP contribution is 2.41. The molecular formula is C20H28N2O4. The Labute approximate surface area is 154 Å². The summed E-state index contributed by atoms with van der Waals surface area (Å²) < 4.78 is 10.7. The van der Waals surface area contributed by atoms with Gasteiger partial charge in [0.25, 0.3) is 0 Å². The summed E-state index contributed by atoms with van der Waals surface area (Å²) in [6.07, 6.45) is 2.35. The van der Waals surface area contributed by atoms with Crippen LogP contribution in [0.1, 0.15) is 37.8 Å². The van der Waals surface area contributed by atoms with E-state index < -0.39 is 0 Å². The zero-order chi connectivity index (χ0) is 18.8. The van der Waals surface area contributed by atoms with Crippen LogP contribution >= 0.6 is 0 Å². The lowest BCUT2D eigenvalue weighted by molar-refractivity contribution is -0.135. The second-order valence-corrected chi connectivity index (χ2v) is 7.25. The van der Waals surface area contributed by atoms with E-state index >= 15 is 0 Å². The maximum atomic E-state index is 12.8. The zero-order valence-electron chi connectivity index (χ0n) is 16.0. The van der Waals surface area contributed by atoms with E-state index in [1.807, 2.05) is 30.9 Å². The Morgan fingerprint density at radius 2 is 1.85 bits per heavy atom. The average molecular weight is 360 g/mol. The van der Waals surface area contributed by atoms with Crippen molar-refractivity contribution in [1.82, 2.24) is 10.2 Å². The van der Waals surface area contributed by atoms with Crippen molar-refractivity contribution in [2.45, 2.75) is 45.7 Å². The molecule has 3 unspecified atom stereocenters. The van der Waals surface area contributed by atoms with Crippen molar-refractivity contribution >= 4 is 11.8 Å². The number of hydrogen-bond donors (Lipinski definition) is 1. The van der Waals surface area contributed by atoms with Gasteiger partial charge in [-0.05, 0) is 49.4 Å². The van der Waals surface area contributed by atoms with Crippen molar-refractivity contribution in [2.24, 2.45) is 11.8 Å². The van der Waals surface area contributed by atoms with E-state index in [9.17, 15) is 9.59 Å². The Bertz CT molecular complexity index is 703. The Morgan fingerprint density at radius 1 is 1.19 bits per heavy atom. The number of nitrogens with one attached hydrogen (secondary N) is 1. The third kappa shape index (κ3) is 3.64. The Hall–Kier alpha value is -2.24. The summed E-state index contributed by atoms with van der Waals surface area (Å²) in [5, 5.41) is 2.98. The molecule has 1 heterocycles. The van der Waals surface area contributed by atoms with Crippen LogP contribution in [-0.4, -0.2) is 43.5 Å². The first kappa shape index (κ1) is 18.5. The van der Waals surface area contributed by atoms with Crippen LogP contribution in [0.2, 0.25) is 0 Å². The fourth-order valence-corrected chi connectivity index (χ4v) is 3.52. The van der Waals surface area contributed by atoms with E-state index in [0.717, 1.165) is 24.2 Å². The standard InChI is InChI=1S/C20H28N2O4/c1-5-12(2)21-19(23)15-10-16(15)20(24)22-7-6-13-8-17(25-3)18(26-4)9-14(13)11-22/h8-9,12,15-16H,5-7,10-11H2,1-4H3,(H,21,23). The van der Waals surface area contributed by atoms with Crippen LogP contribution in [0.5, 0.6) is 11.5 Å². The molecule has 0 radical (unpaired) electrons. The largest absolute Gasteiger partial charge is 0.493 e. The fourth-order valence-electron chi connectivity index (χ4n) is 3.52. The van der Waals surface area contributed by atoms with Crippen LogP contribution in [0, 0.1) is 11.8 Å². The van der Waals surface area contributed by atoms with Crippen LogP contribution in [-0.2, 0) is 22.6 Å². The van der Waals surface area contributed by atoms with E-state index in [-0.39, 0.29) is 29.7 Å². The molecule has 0 bridgehead atoms. The molecule has 3 atom stereocenters. The van der Waals surface area contributed by atoms with Gasteiger partial charge >= 0.3 is 0 Å². The number of methoxy groups -OCH3 is 2. The quantitative estimate of drug-likeness (QED) is 0.844. The molecule has 142 valence electrons. The van der Waals surface area contributed by atoms with E-state index in [1.54, 1.807) is 14.2 Å². The molecule has 6 nitrogen and oxygen atoms in total. The minimum atomic E-state index is -0.166. The molecule has 2 aliphatic rings. The van der Waals surface area contributed by atoms with E-state index in [4.69, 9.17) is 9.47 Å². The first-order chi connectivity index (χ1) is 12.5. The molecule has 0 saturated heterocycles. The van der Waals surface area contributed by atoms with Crippen LogP contribution in [0.3, 0.4) is 0 Å². The van der Waals surface area contributed by atoms with Gasteiger partial charge in [-0.2, -0.15) is 0 Å². The lowest BCUT2D eigenvalue weighted by Crippen LogP contribution is -2.39. The third-order valence-electron chi connectivity index (χ3n) is 5.48. The van der Waals surface area contributed by atoms with Gasteiger partial charge < -0.3 is 19.7 Å². The number of hydrogen-bond acceptors (Lipinski definition) is 4. The van der Waals surface area contributed by atoms with Gasteiger partial charge in [-0.15, -0.1) is 0 Å². The fraction of sp³-hybridized carbons (Fsp3) is 0.600. The molecule has 0 aromatic heterocycles. The molecule has 1 fully saturated rings. The van der Waals surface area contributed by atoms with Crippen molar-refractivity contribution in [3.63, 3.8) is 0 Å². The van der Waals surface area contributed by atoms with Gasteiger partial charge in [-0.1, -0.05) is 6.92 Å². The van der Waals surface area contributed by atoms with Crippen LogP contribution in [0.15, 0.2) is 12.1 Å². The van der Waals surface area contributed by atoms with Gasteiger partial charge in [-0.3, -0.25) is 9.59 Å². The van der Waals surface area contributed by atoms with Crippen molar-refractivity contribution in [1.29, 1.82) is 0 Å². The molecule has 6 heteroatoms. The summed E-state index contributed by atoms with van der Waals surface area (Å²) >= 11 is 0. The number of rotatable bonds is 6. The normalized spacial score (nSPS) is 22.2. The number of carbonyl (C=O) groups is 2. The van der Waals surface area contributed by atoms with Crippen molar-refractivity contribution in [2.75, 3.05) is 20.8 Å². The summed E-state index contributed by atoms with van der Waals surface area (Å²) in [4.78, 5) is 26.9. The third-order valence-corrected chi connectivity index (χ3v) is 5.48. The molecule has 1 N–H and O–H groups in total. The lowest BCUT2D eigenvalue weighted by atomic mass is 9.98. The predicted molar refractivity (Wildman–Crippen MR) is 98.2 cm³/mol.